The minimum absolute atomic E-state index is 0.0238. The van der Waals surface area contributed by atoms with Gasteiger partial charge in [0.1, 0.15) is 5.75 Å². The Morgan fingerprint density at radius 1 is 1.09 bits per heavy atom. The van der Waals surface area contributed by atoms with Crippen molar-refractivity contribution >= 4 is 8.80 Å². The molecule has 0 saturated carbocycles. The van der Waals surface area contributed by atoms with Crippen molar-refractivity contribution in [3.05, 3.63) is 29.8 Å². The Bertz CT molecular complexity index is 410. The highest BCUT2D eigenvalue weighted by atomic mass is 28.3. The van der Waals surface area contributed by atoms with E-state index in [9.17, 15) is 0 Å². The van der Waals surface area contributed by atoms with Crippen LogP contribution in [0.5, 0.6) is 5.75 Å². The van der Waals surface area contributed by atoms with E-state index in [1.54, 1.807) is 18.1 Å². The van der Waals surface area contributed by atoms with Crippen molar-refractivity contribution in [2.24, 2.45) is 5.92 Å². The van der Waals surface area contributed by atoms with Crippen LogP contribution in [0.1, 0.15) is 57.9 Å². The molecule has 1 radical (unpaired) electrons. The molecule has 0 amide bonds. The topological polar surface area (TPSA) is 9.23 Å². The maximum absolute atomic E-state index is 5.75. The van der Waals surface area contributed by atoms with Crippen molar-refractivity contribution in [3.63, 3.8) is 0 Å². The van der Waals surface area contributed by atoms with Gasteiger partial charge in [-0.15, -0.1) is 0 Å². The zero-order chi connectivity index (χ0) is 15.6. The van der Waals surface area contributed by atoms with Crippen molar-refractivity contribution in [3.8, 4) is 5.75 Å². The van der Waals surface area contributed by atoms with Crippen LogP contribution in [0.4, 0.5) is 0 Å². The molecule has 123 valence electrons. The lowest BCUT2D eigenvalue weighted by atomic mass is 9.94. The largest absolute Gasteiger partial charge is 0.494 e. The normalized spacial score (nSPS) is 16.8. The molecule has 1 aromatic rings. The highest BCUT2D eigenvalue weighted by molar-refractivity contribution is 6.58. The third-order valence-electron chi connectivity index (χ3n) is 5.04. The number of ether oxygens (including phenoxy) is 1. The molecule has 1 aromatic carbocycles. The third kappa shape index (κ3) is 5.79. The number of unbranched alkanes of at least 4 members (excludes halogenated alkanes) is 2. The molecule has 1 nitrogen and oxygen atoms in total. The van der Waals surface area contributed by atoms with Crippen LogP contribution in [-0.2, 0) is 6.42 Å². The van der Waals surface area contributed by atoms with E-state index < -0.39 is 0 Å². The molecular formula is C20H33OSi. The zero-order valence-electron chi connectivity index (χ0n) is 14.6. The number of rotatable bonds is 9. The second kappa shape index (κ2) is 10.1. The summed E-state index contributed by atoms with van der Waals surface area (Å²) in [7, 11) is 0.0238. The van der Waals surface area contributed by atoms with Crippen LogP contribution in [0.3, 0.4) is 0 Å². The molecule has 0 spiro atoms. The van der Waals surface area contributed by atoms with E-state index in [2.05, 4.69) is 38.1 Å². The van der Waals surface area contributed by atoms with Gasteiger partial charge >= 0.3 is 0 Å². The van der Waals surface area contributed by atoms with Crippen LogP contribution in [-0.4, -0.2) is 15.4 Å². The standard InChI is InChI=1S/C20H33OSi/c1-3-5-8-15-22-16-13-18(14-17-22)11-12-19-9-6-7-10-20(19)21-4-2/h6-7,9-10,18H,3-5,8,11-17H2,1-2H3. The Kier molecular flexibility index (Phi) is 8.07. The van der Waals surface area contributed by atoms with Gasteiger partial charge in [0, 0.05) is 8.80 Å². The molecule has 1 saturated heterocycles. The average molecular weight is 318 g/mol. The van der Waals surface area contributed by atoms with Crippen LogP contribution >= 0.6 is 0 Å². The highest BCUT2D eigenvalue weighted by Crippen LogP contribution is 2.32. The summed E-state index contributed by atoms with van der Waals surface area (Å²) in [5, 5.41) is 0. The SMILES string of the molecule is CCCCC[Si]1CCC(CCc2ccccc2OCC)CC1. The summed E-state index contributed by atoms with van der Waals surface area (Å²) in [5.41, 5.74) is 1.41. The van der Waals surface area contributed by atoms with E-state index in [0.717, 1.165) is 18.3 Å². The van der Waals surface area contributed by atoms with Gasteiger partial charge < -0.3 is 4.74 Å². The zero-order valence-corrected chi connectivity index (χ0v) is 15.6. The summed E-state index contributed by atoms with van der Waals surface area (Å²) in [6.07, 6.45) is 9.86. The molecule has 1 heterocycles. The summed E-state index contributed by atoms with van der Waals surface area (Å²) in [6, 6.07) is 13.3. The van der Waals surface area contributed by atoms with E-state index in [-0.39, 0.29) is 8.80 Å². The predicted octanol–water partition coefficient (Wildman–Crippen LogP) is 6.11. The second-order valence-corrected chi connectivity index (χ2v) is 9.73. The predicted molar refractivity (Wildman–Crippen MR) is 98.4 cm³/mol. The van der Waals surface area contributed by atoms with Crippen molar-refractivity contribution in [1.82, 2.24) is 0 Å². The van der Waals surface area contributed by atoms with Crippen molar-refractivity contribution in [1.29, 1.82) is 0 Å². The van der Waals surface area contributed by atoms with Crippen LogP contribution < -0.4 is 4.74 Å². The lowest BCUT2D eigenvalue weighted by Gasteiger charge is -2.27. The molecule has 2 heteroatoms. The van der Waals surface area contributed by atoms with E-state index in [1.807, 2.05) is 0 Å². The third-order valence-corrected chi connectivity index (χ3v) is 8.09. The fourth-order valence-electron chi connectivity index (χ4n) is 3.62. The van der Waals surface area contributed by atoms with Crippen LogP contribution in [0.25, 0.3) is 0 Å². The molecular weight excluding hydrogens is 284 g/mol. The van der Waals surface area contributed by atoms with Gasteiger partial charge in [0.05, 0.1) is 6.61 Å². The minimum atomic E-state index is 0.0238. The minimum Gasteiger partial charge on any atom is -0.494 e. The highest BCUT2D eigenvalue weighted by Gasteiger charge is 2.22. The Balaban J connectivity index is 1.70. The molecule has 1 aliphatic heterocycles. The Morgan fingerprint density at radius 3 is 2.59 bits per heavy atom. The number of para-hydroxylation sites is 1. The van der Waals surface area contributed by atoms with Crippen molar-refractivity contribution in [2.75, 3.05) is 6.61 Å². The summed E-state index contributed by atoms with van der Waals surface area (Å²) in [6.45, 7) is 5.15. The molecule has 22 heavy (non-hydrogen) atoms. The molecule has 2 rings (SSSR count). The van der Waals surface area contributed by atoms with E-state index in [4.69, 9.17) is 4.74 Å². The van der Waals surface area contributed by atoms with Crippen molar-refractivity contribution < 1.29 is 4.74 Å². The van der Waals surface area contributed by atoms with Crippen molar-refractivity contribution in [2.45, 2.75) is 76.9 Å². The molecule has 1 aliphatic rings. The lowest BCUT2D eigenvalue weighted by molar-refractivity contribution is 0.334. The lowest BCUT2D eigenvalue weighted by Crippen LogP contribution is -2.21. The van der Waals surface area contributed by atoms with Gasteiger partial charge in [-0.1, -0.05) is 75.4 Å². The monoisotopic (exact) mass is 317 g/mol. The van der Waals surface area contributed by atoms with Gasteiger partial charge in [0.25, 0.3) is 0 Å². The maximum Gasteiger partial charge on any atom is 0.122 e. The Morgan fingerprint density at radius 2 is 1.86 bits per heavy atom. The summed E-state index contributed by atoms with van der Waals surface area (Å²) in [5.74, 6) is 2.07. The molecule has 0 aromatic heterocycles. The number of aryl methyl sites for hydroxylation is 1. The Hall–Kier alpha value is -0.763. The molecule has 0 N–H and O–H groups in total. The summed E-state index contributed by atoms with van der Waals surface area (Å²) < 4.78 is 5.75. The van der Waals surface area contributed by atoms with E-state index in [0.29, 0.717) is 0 Å². The first-order chi connectivity index (χ1) is 10.8. The van der Waals surface area contributed by atoms with Crippen LogP contribution in [0.2, 0.25) is 18.1 Å². The first kappa shape index (κ1) is 17.6. The number of benzene rings is 1. The second-order valence-electron chi connectivity index (χ2n) is 6.73. The van der Waals surface area contributed by atoms with E-state index in [1.165, 1.54) is 50.5 Å². The molecule has 0 atom stereocenters. The molecule has 0 bridgehead atoms. The first-order valence-corrected chi connectivity index (χ1v) is 11.5. The van der Waals surface area contributed by atoms with Gasteiger partial charge in [-0.05, 0) is 37.3 Å². The first-order valence-electron chi connectivity index (χ1n) is 9.37. The summed E-state index contributed by atoms with van der Waals surface area (Å²) in [4.78, 5) is 0. The Labute approximate surface area is 139 Å². The quantitative estimate of drug-likeness (QED) is 0.394. The van der Waals surface area contributed by atoms with Crippen LogP contribution in [0.15, 0.2) is 24.3 Å². The number of hydrogen-bond donors (Lipinski definition) is 0. The van der Waals surface area contributed by atoms with Crippen LogP contribution in [0, 0.1) is 5.92 Å². The fourth-order valence-corrected chi connectivity index (χ4v) is 6.75. The fraction of sp³-hybridized carbons (Fsp3) is 0.700. The van der Waals surface area contributed by atoms with E-state index >= 15 is 0 Å². The average Bonchev–Trinajstić information content (AvgIpc) is 2.56. The van der Waals surface area contributed by atoms with Gasteiger partial charge in [-0.2, -0.15) is 0 Å². The molecule has 0 aliphatic carbocycles. The molecule has 1 fully saturated rings. The summed E-state index contributed by atoms with van der Waals surface area (Å²) >= 11 is 0. The molecule has 0 unspecified atom stereocenters. The smallest absolute Gasteiger partial charge is 0.122 e. The maximum atomic E-state index is 5.75. The van der Waals surface area contributed by atoms with Gasteiger partial charge in [-0.25, -0.2) is 0 Å². The van der Waals surface area contributed by atoms with Gasteiger partial charge in [0.2, 0.25) is 0 Å². The van der Waals surface area contributed by atoms with Gasteiger partial charge in [-0.3, -0.25) is 0 Å². The van der Waals surface area contributed by atoms with Gasteiger partial charge in [0.15, 0.2) is 0 Å². The number of hydrogen-bond acceptors (Lipinski definition) is 1.